The fourth-order valence-corrected chi connectivity index (χ4v) is 2.56. The summed E-state index contributed by atoms with van der Waals surface area (Å²) in [5.41, 5.74) is 0.970. The molecule has 0 saturated heterocycles. The van der Waals surface area contributed by atoms with Crippen molar-refractivity contribution < 1.29 is 19.1 Å². The minimum absolute atomic E-state index is 0.215. The van der Waals surface area contributed by atoms with Crippen molar-refractivity contribution >= 4 is 17.9 Å². The summed E-state index contributed by atoms with van der Waals surface area (Å²) in [6.45, 7) is 3.43. The van der Waals surface area contributed by atoms with Crippen LogP contribution in [0.25, 0.3) is 0 Å². The van der Waals surface area contributed by atoms with Crippen molar-refractivity contribution in [2.24, 2.45) is 0 Å². The lowest BCUT2D eigenvalue weighted by Crippen LogP contribution is -2.31. The first kappa shape index (κ1) is 18.0. The number of nitrogens with zero attached hydrogens (tertiary/aromatic N) is 1. The van der Waals surface area contributed by atoms with Crippen LogP contribution in [0.4, 0.5) is 4.79 Å². The third-order valence-corrected chi connectivity index (χ3v) is 3.94. The topological polar surface area (TPSA) is 75.7 Å². The maximum Gasteiger partial charge on any atom is 0.407 e. The van der Waals surface area contributed by atoms with Crippen LogP contribution < -0.4 is 5.32 Å². The second-order valence-electron chi connectivity index (χ2n) is 5.78. The lowest BCUT2D eigenvalue weighted by Gasteiger charge is -2.13. The van der Waals surface area contributed by atoms with E-state index in [-0.39, 0.29) is 17.9 Å². The van der Waals surface area contributed by atoms with Gasteiger partial charge in [-0.25, -0.2) is 4.79 Å². The van der Waals surface area contributed by atoms with Gasteiger partial charge in [-0.15, -0.1) is 0 Å². The van der Waals surface area contributed by atoms with E-state index < -0.39 is 0 Å². The molecule has 130 valence electrons. The standard InChI is InChI=1S/C18H24N2O4/c1-2-3-13-24-18(23)19-11-7-4-8-12-20-16(21)14-9-5-6-10-15(14)17(20)22/h5-6,9-10H,2-4,7-8,11-13H2,1H3,(H,19,23). The Kier molecular flexibility index (Phi) is 6.78. The smallest absolute Gasteiger partial charge is 0.407 e. The highest BCUT2D eigenvalue weighted by molar-refractivity contribution is 6.21. The molecule has 3 amide bonds. The third kappa shape index (κ3) is 4.57. The molecule has 2 rings (SSSR count). The molecular formula is C18H24N2O4. The molecule has 1 aliphatic heterocycles. The van der Waals surface area contributed by atoms with Crippen LogP contribution in [0.3, 0.4) is 0 Å². The molecule has 0 fully saturated rings. The van der Waals surface area contributed by atoms with Crippen LogP contribution in [0.1, 0.15) is 59.7 Å². The Morgan fingerprint density at radius 2 is 1.71 bits per heavy atom. The summed E-state index contributed by atoms with van der Waals surface area (Å²) in [4.78, 5) is 37.0. The molecule has 0 aliphatic carbocycles. The molecule has 1 N–H and O–H groups in total. The summed E-state index contributed by atoms with van der Waals surface area (Å²) in [5.74, 6) is -0.429. The molecule has 0 atom stereocenters. The Bertz CT molecular complexity index is 565. The van der Waals surface area contributed by atoms with Crippen molar-refractivity contribution in [3.8, 4) is 0 Å². The highest BCUT2D eigenvalue weighted by Gasteiger charge is 2.34. The van der Waals surface area contributed by atoms with Crippen LogP contribution in [0.5, 0.6) is 0 Å². The first-order valence-corrected chi connectivity index (χ1v) is 8.51. The van der Waals surface area contributed by atoms with Crippen LogP contribution >= 0.6 is 0 Å². The summed E-state index contributed by atoms with van der Waals surface area (Å²) >= 11 is 0. The molecule has 6 nitrogen and oxygen atoms in total. The molecule has 0 saturated carbocycles. The summed E-state index contributed by atoms with van der Waals surface area (Å²) < 4.78 is 4.99. The zero-order valence-corrected chi connectivity index (χ0v) is 14.0. The van der Waals surface area contributed by atoms with E-state index in [1.165, 1.54) is 4.90 Å². The second kappa shape index (κ2) is 9.05. The predicted octanol–water partition coefficient (Wildman–Crippen LogP) is 2.98. The second-order valence-corrected chi connectivity index (χ2v) is 5.78. The van der Waals surface area contributed by atoms with Crippen LogP contribution in [-0.4, -0.2) is 42.5 Å². The molecule has 0 spiro atoms. The lowest BCUT2D eigenvalue weighted by molar-refractivity contribution is 0.0651. The Morgan fingerprint density at radius 3 is 2.33 bits per heavy atom. The molecule has 0 unspecified atom stereocenters. The number of benzene rings is 1. The fourth-order valence-electron chi connectivity index (χ4n) is 2.56. The zero-order chi connectivity index (χ0) is 17.4. The SMILES string of the molecule is CCCCOC(=O)NCCCCCN1C(=O)c2ccccc2C1=O. The minimum atomic E-state index is -0.385. The summed E-state index contributed by atoms with van der Waals surface area (Å²) in [6.07, 6.45) is 3.80. The molecule has 1 heterocycles. The van der Waals surface area contributed by atoms with Crippen LogP contribution in [0, 0.1) is 0 Å². The molecule has 6 heteroatoms. The molecule has 24 heavy (non-hydrogen) atoms. The summed E-state index contributed by atoms with van der Waals surface area (Å²) in [5, 5.41) is 2.69. The van der Waals surface area contributed by atoms with E-state index in [1.807, 2.05) is 6.92 Å². The number of hydrogen-bond acceptors (Lipinski definition) is 4. The van der Waals surface area contributed by atoms with E-state index >= 15 is 0 Å². The van der Waals surface area contributed by atoms with Crippen molar-refractivity contribution in [3.05, 3.63) is 35.4 Å². The molecular weight excluding hydrogens is 308 g/mol. The van der Waals surface area contributed by atoms with Gasteiger partial charge in [-0.05, 0) is 37.8 Å². The fraction of sp³-hybridized carbons (Fsp3) is 0.500. The summed E-state index contributed by atoms with van der Waals surface area (Å²) in [7, 11) is 0. The van der Waals surface area contributed by atoms with Gasteiger partial charge in [0.05, 0.1) is 17.7 Å². The van der Waals surface area contributed by atoms with Gasteiger partial charge in [0.15, 0.2) is 0 Å². The number of ether oxygens (including phenoxy) is 1. The number of imide groups is 1. The normalized spacial score (nSPS) is 13.1. The van der Waals surface area contributed by atoms with Gasteiger partial charge in [0, 0.05) is 13.1 Å². The van der Waals surface area contributed by atoms with Gasteiger partial charge in [0.25, 0.3) is 11.8 Å². The molecule has 0 radical (unpaired) electrons. The van der Waals surface area contributed by atoms with E-state index in [2.05, 4.69) is 5.32 Å². The minimum Gasteiger partial charge on any atom is -0.450 e. The van der Waals surface area contributed by atoms with E-state index in [4.69, 9.17) is 4.74 Å². The van der Waals surface area contributed by atoms with Gasteiger partial charge in [-0.1, -0.05) is 25.5 Å². The molecule has 1 aromatic rings. The highest BCUT2D eigenvalue weighted by Crippen LogP contribution is 2.22. The Hall–Kier alpha value is -2.37. The predicted molar refractivity (Wildman–Crippen MR) is 89.9 cm³/mol. The highest BCUT2D eigenvalue weighted by atomic mass is 16.5. The van der Waals surface area contributed by atoms with Crippen molar-refractivity contribution in [1.29, 1.82) is 0 Å². The van der Waals surface area contributed by atoms with E-state index in [0.29, 0.717) is 30.8 Å². The van der Waals surface area contributed by atoms with Gasteiger partial charge < -0.3 is 10.1 Å². The van der Waals surface area contributed by atoms with E-state index in [9.17, 15) is 14.4 Å². The summed E-state index contributed by atoms with van der Waals surface area (Å²) in [6, 6.07) is 6.89. The van der Waals surface area contributed by atoms with E-state index in [1.54, 1.807) is 24.3 Å². The number of alkyl carbamates (subject to hydrolysis) is 1. The molecule has 0 aromatic heterocycles. The van der Waals surface area contributed by atoms with Gasteiger partial charge in [-0.2, -0.15) is 0 Å². The number of amides is 3. The zero-order valence-electron chi connectivity index (χ0n) is 14.0. The largest absolute Gasteiger partial charge is 0.450 e. The monoisotopic (exact) mass is 332 g/mol. The number of nitrogens with one attached hydrogen (secondary N) is 1. The molecule has 1 aromatic carbocycles. The van der Waals surface area contributed by atoms with Gasteiger partial charge in [0.2, 0.25) is 0 Å². The van der Waals surface area contributed by atoms with Gasteiger partial charge in [0.1, 0.15) is 0 Å². The average Bonchev–Trinajstić information content (AvgIpc) is 2.83. The van der Waals surface area contributed by atoms with Gasteiger partial charge in [-0.3, -0.25) is 14.5 Å². The Morgan fingerprint density at radius 1 is 1.04 bits per heavy atom. The van der Waals surface area contributed by atoms with Crippen molar-refractivity contribution in [2.45, 2.75) is 39.0 Å². The number of hydrogen-bond donors (Lipinski definition) is 1. The van der Waals surface area contributed by atoms with Crippen molar-refractivity contribution in [2.75, 3.05) is 19.7 Å². The van der Waals surface area contributed by atoms with Crippen LogP contribution in [0.2, 0.25) is 0 Å². The quantitative estimate of drug-likeness (QED) is 0.557. The Balaban J connectivity index is 1.61. The lowest BCUT2D eigenvalue weighted by atomic mass is 10.1. The molecule has 1 aliphatic rings. The van der Waals surface area contributed by atoms with E-state index in [0.717, 1.165) is 32.1 Å². The number of rotatable bonds is 9. The van der Waals surface area contributed by atoms with Crippen molar-refractivity contribution in [1.82, 2.24) is 10.2 Å². The van der Waals surface area contributed by atoms with Gasteiger partial charge >= 0.3 is 6.09 Å². The first-order valence-electron chi connectivity index (χ1n) is 8.51. The maximum atomic E-state index is 12.2. The number of carbonyl (C=O) groups excluding carboxylic acids is 3. The Labute approximate surface area is 142 Å². The number of carbonyl (C=O) groups is 3. The van der Waals surface area contributed by atoms with Crippen molar-refractivity contribution in [3.63, 3.8) is 0 Å². The average molecular weight is 332 g/mol. The van der Waals surface area contributed by atoms with Crippen LogP contribution in [0.15, 0.2) is 24.3 Å². The number of unbranched alkanes of at least 4 members (excludes halogenated alkanes) is 3. The maximum absolute atomic E-state index is 12.2. The first-order chi connectivity index (χ1) is 11.6. The third-order valence-electron chi connectivity index (χ3n) is 3.94. The molecule has 0 bridgehead atoms. The van der Waals surface area contributed by atoms with Crippen LogP contribution in [-0.2, 0) is 4.74 Å². The number of fused-ring (bicyclic) bond motifs is 1.